The fourth-order valence-electron chi connectivity index (χ4n) is 2.71. The molecule has 1 aromatic carbocycles. The van der Waals surface area contributed by atoms with Crippen molar-refractivity contribution in [3.8, 4) is 0 Å². The predicted molar refractivity (Wildman–Crippen MR) is 88.9 cm³/mol. The molecule has 0 spiro atoms. The molecule has 1 atom stereocenters. The standard InChI is InChI=1S/C18H26N2O2/c1-12-6-7-15(8-13(12)2)20-11-14(9-17(20)22)19-16(21)10-18(3,4)5/h6-8,14H,9-11H2,1-5H3,(H,19,21). The lowest BCUT2D eigenvalue weighted by molar-refractivity contribution is -0.123. The van der Waals surface area contributed by atoms with E-state index in [1.807, 2.05) is 45.9 Å². The number of amides is 2. The van der Waals surface area contributed by atoms with Gasteiger partial charge in [-0.15, -0.1) is 0 Å². The van der Waals surface area contributed by atoms with Crippen LogP contribution in [0.1, 0.15) is 44.7 Å². The summed E-state index contributed by atoms with van der Waals surface area (Å²) < 4.78 is 0. The number of nitrogens with zero attached hydrogens (tertiary/aromatic N) is 1. The first kappa shape index (κ1) is 16.5. The van der Waals surface area contributed by atoms with Gasteiger partial charge in [0.1, 0.15) is 0 Å². The molecule has 4 nitrogen and oxygen atoms in total. The molecule has 1 heterocycles. The zero-order chi connectivity index (χ0) is 16.5. The van der Waals surface area contributed by atoms with Crippen molar-refractivity contribution in [2.24, 2.45) is 5.41 Å². The number of anilines is 1. The van der Waals surface area contributed by atoms with Crippen molar-refractivity contribution < 1.29 is 9.59 Å². The van der Waals surface area contributed by atoms with Crippen LogP contribution in [0.25, 0.3) is 0 Å². The fraction of sp³-hybridized carbons (Fsp3) is 0.556. The monoisotopic (exact) mass is 302 g/mol. The molecule has 1 aliphatic heterocycles. The van der Waals surface area contributed by atoms with E-state index >= 15 is 0 Å². The van der Waals surface area contributed by atoms with E-state index in [9.17, 15) is 9.59 Å². The van der Waals surface area contributed by atoms with E-state index in [2.05, 4.69) is 12.2 Å². The quantitative estimate of drug-likeness (QED) is 0.933. The average Bonchev–Trinajstić information content (AvgIpc) is 2.71. The lowest BCUT2D eigenvalue weighted by atomic mass is 9.92. The Kier molecular flexibility index (Phi) is 4.59. The minimum absolute atomic E-state index is 0.0206. The zero-order valence-corrected chi connectivity index (χ0v) is 14.2. The number of carbonyl (C=O) groups is 2. The summed E-state index contributed by atoms with van der Waals surface area (Å²) in [4.78, 5) is 26.0. The number of carbonyl (C=O) groups excluding carboxylic acids is 2. The highest BCUT2D eigenvalue weighted by Gasteiger charge is 2.32. The number of aryl methyl sites for hydroxylation is 2. The van der Waals surface area contributed by atoms with Gasteiger partial charge in [0.25, 0.3) is 0 Å². The van der Waals surface area contributed by atoms with Gasteiger partial charge in [-0.1, -0.05) is 26.8 Å². The van der Waals surface area contributed by atoms with E-state index in [0.717, 1.165) is 5.69 Å². The van der Waals surface area contributed by atoms with Crippen molar-refractivity contribution >= 4 is 17.5 Å². The SMILES string of the molecule is Cc1ccc(N2CC(NC(=O)CC(C)(C)C)CC2=O)cc1C. The Bertz CT molecular complexity index is 587. The van der Waals surface area contributed by atoms with E-state index < -0.39 is 0 Å². The van der Waals surface area contributed by atoms with Crippen molar-refractivity contribution in [3.05, 3.63) is 29.3 Å². The Balaban J connectivity index is 2.01. The number of hydrogen-bond acceptors (Lipinski definition) is 2. The van der Waals surface area contributed by atoms with Crippen LogP contribution in [0.4, 0.5) is 5.69 Å². The number of rotatable bonds is 3. The number of nitrogens with one attached hydrogen (secondary N) is 1. The van der Waals surface area contributed by atoms with Crippen LogP contribution in [0.5, 0.6) is 0 Å². The van der Waals surface area contributed by atoms with Crippen molar-refractivity contribution in [2.45, 2.75) is 53.5 Å². The molecule has 1 N–H and O–H groups in total. The first-order valence-electron chi connectivity index (χ1n) is 7.83. The highest BCUT2D eigenvalue weighted by atomic mass is 16.2. The van der Waals surface area contributed by atoms with Gasteiger partial charge in [0.2, 0.25) is 11.8 Å². The number of hydrogen-bond donors (Lipinski definition) is 1. The molecule has 4 heteroatoms. The summed E-state index contributed by atoms with van der Waals surface area (Å²) in [6.07, 6.45) is 0.851. The third-order valence-corrected chi connectivity index (χ3v) is 3.98. The average molecular weight is 302 g/mol. The van der Waals surface area contributed by atoms with Crippen LogP contribution in [-0.2, 0) is 9.59 Å². The third kappa shape index (κ3) is 4.09. The molecule has 0 bridgehead atoms. The smallest absolute Gasteiger partial charge is 0.229 e. The summed E-state index contributed by atoms with van der Waals surface area (Å²) in [5.74, 6) is 0.0940. The molecule has 2 amide bonds. The highest BCUT2D eigenvalue weighted by molar-refractivity contribution is 5.97. The molecule has 1 saturated heterocycles. The van der Waals surface area contributed by atoms with E-state index in [-0.39, 0.29) is 23.3 Å². The lowest BCUT2D eigenvalue weighted by Gasteiger charge is -2.20. The van der Waals surface area contributed by atoms with Crippen LogP contribution in [0.2, 0.25) is 0 Å². The molecular weight excluding hydrogens is 276 g/mol. The molecule has 22 heavy (non-hydrogen) atoms. The molecule has 0 radical (unpaired) electrons. The van der Waals surface area contributed by atoms with Gasteiger partial charge in [-0.05, 0) is 42.5 Å². The zero-order valence-electron chi connectivity index (χ0n) is 14.2. The highest BCUT2D eigenvalue weighted by Crippen LogP contribution is 2.24. The molecule has 2 rings (SSSR count). The normalized spacial score (nSPS) is 18.7. The maximum Gasteiger partial charge on any atom is 0.229 e. The molecular formula is C18H26N2O2. The predicted octanol–water partition coefficient (Wildman–Crippen LogP) is 2.96. The fourth-order valence-corrected chi connectivity index (χ4v) is 2.71. The summed E-state index contributed by atoms with van der Waals surface area (Å²) in [6, 6.07) is 5.94. The molecule has 0 aromatic heterocycles. The van der Waals surface area contributed by atoms with Crippen LogP contribution in [0.15, 0.2) is 18.2 Å². The van der Waals surface area contributed by atoms with Crippen LogP contribution in [-0.4, -0.2) is 24.4 Å². The molecule has 1 fully saturated rings. The Hall–Kier alpha value is -1.84. The first-order valence-corrected chi connectivity index (χ1v) is 7.83. The van der Waals surface area contributed by atoms with Crippen molar-refractivity contribution in [1.29, 1.82) is 0 Å². The maximum atomic E-state index is 12.2. The van der Waals surface area contributed by atoms with Crippen LogP contribution >= 0.6 is 0 Å². The van der Waals surface area contributed by atoms with Gasteiger partial charge in [-0.25, -0.2) is 0 Å². The minimum Gasteiger partial charge on any atom is -0.351 e. The minimum atomic E-state index is -0.0936. The topological polar surface area (TPSA) is 49.4 Å². The Morgan fingerprint density at radius 2 is 1.95 bits per heavy atom. The summed E-state index contributed by atoms with van der Waals surface area (Å²) >= 11 is 0. The Labute approximate surface area is 132 Å². The van der Waals surface area contributed by atoms with Gasteiger partial charge in [-0.3, -0.25) is 9.59 Å². The van der Waals surface area contributed by atoms with Gasteiger partial charge in [0.05, 0.1) is 6.04 Å². The van der Waals surface area contributed by atoms with E-state index in [0.29, 0.717) is 19.4 Å². The molecule has 1 aromatic rings. The van der Waals surface area contributed by atoms with Gasteiger partial charge < -0.3 is 10.2 Å². The van der Waals surface area contributed by atoms with Crippen molar-refractivity contribution in [2.75, 3.05) is 11.4 Å². The summed E-state index contributed by atoms with van der Waals surface area (Å²) in [5, 5.41) is 2.99. The molecule has 120 valence electrons. The van der Waals surface area contributed by atoms with Crippen molar-refractivity contribution in [3.63, 3.8) is 0 Å². The third-order valence-electron chi connectivity index (χ3n) is 3.98. The van der Waals surface area contributed by atoms with Gasteiger partial charge in [0.15, 0.2) is 0 Å². The van der Waals surface area contributed by atoms with Crippen LogP contribution in [0, 0.1) is 19.3 Å². The molecule has 0 aliphatic carbocycles. The second kappa shape index (κ2) is 6.11. The Morgan fingerprint density at radius 3 is 2.55 bits per heavy atom. The number of benzene rings is 1. The van der Waals surface area contributed by atoms with Gasteiger partial charge >= 0.3 is 0 Å². The van der Waals surface area contributed by atoms with Crippen molar-refractivity contribution in [1.82, 2.24) is 5.32 Å². The summed E-state index contributed by atoms with van der Waals surface area (Å²) in [7, 11) is 0. The Morgan fingerprint density at radius 1 is 1.27 bits per heavy atom. The molecule has 1 unspecified atom stereocenters. The summed E-state index contributed by atoms with van der Waals surface area (Å²) in [5.41, 5.74) is 3.26. The summed E-state index contributed by atoms with van der Waals surface area (Å²) in [6.45, 7) is 10.8. The largest absolute Gasteiger partial charge is 0.351 e. The second-order valence-electron chi connectivity index (χ2n) is 7.48. The first-order chi connectivity index (χ1) is 10.2. The van der Waals surface area contributed by atoms with Gasteiger partial charge in [-0.2, -0.15) is 0 Å². The van der Waals surface area contributed by atoms with Gasteiger partial charge in [0, 0.05) is 25.1 Å². The van der Waals surface area contributed by atoms with Crippen LogP contribution < -0.4 is 10.2 Å². The molecule has 0 saturated carbocycles. The maximum absolute atomic E-state index is 12.2. The van der Waals surface area contributed by atoms with E-state index in [1.54, 1.807) is 4.90 Å². The van der Waals surface area contributed by atoms with Crippen LogP contribution in [0.3, 0.4) is 0 Å². The van der Waals surface area contributed by atoms with E-state index in [1.165, 1.54) is 11.1 Å². The van der Waals surface area contributed by atoms with E-state index in [4.69, 9.17) is 0 Å². The second-order valence-corrected chi connectivity index (χ2v) is 7.48. The lowest BCUT2D eigenvalue weighted by Crippen LogP contribution is -2.38. The molecule has 1 aliphatic rings.